The maximum Gasteiger partial charge on any atom is 0.179 e. The number of fused-ring (bicyclic) bond motifs is 1. The third-order valence-corrected chi connectivity index (χ3v) is 5.36. The molecule has 0 amide bonds. The Balaban J connectivity index is 2.19. The van der Waals surface area contributed by atoms with Gasteiger partial charge in [0.25, 0.3) is 0 Å². The van der Waals surface area contributed by atoms with Gasteiger partial charge in [0.15, 0.2) is 9.84 Å². The van der Waals surface area contributed by atoms with Crippen LogP contribution in [0.4, 0.5) is 0 Å². The smallest absolute Gasteiger partial charge is 0.179 e. The first-order valence-corrected chi connectivity index (χ1v) is 8.28. The van der Waals surface area contributed by atoms with E-state index in [0.29, 0.717) is 4.90 Å². The molecule has 18 heavy (non-hydrogen) atoms. The summed E-state index contributed by atoms with van der Waals surface area (Å²) in [5, 5.41) is 0. The molecule has 0 heterocycles. The Morgan fingerprint density at radius 2 is 2.00 bits per heavy atom. The number of rotatable bonds is 5. The quantitative estimate of drug-likeness (QED) is 0.888. The van der Waals surface area contributed by atoms with Crippen molar-refractivity contribution in [3.63, 3.8) is 0 Å². The van der Waals surface area contributed by atoms with E-state index in [1.165, 1.54) is 11.1 Å². The Kier molecular flexibility index (Phi) is 4.07. The van der Waals surface area contributed by atoms with Crippen molar-refractivity contribution in [1.82, 2.24) is 0 Å². The topological polar surface area (TPSA) is 60.2 Å². The van der Waals surface area contributed by atoms with Crippen LogP contribution in [0.25, 0.3) is 0 Å². The third kappa shape index (κ3) is 2.93. The minimum absolute atomic E-state index is 0.0552. The zero-order valence-corrected chi connectivity index (χ0v) is 11.7. The van der Waals surface area contributed by atoms with Crippen LogP contribution in [0, 0.1) is 0 Å². The lowest BCUT2D eigenvalue weighted by molar-refractivity contribution is 0.577. The van der Waals surface area contributed by atoms with Gasteiger partial charge in [-0.2, -0.15) is 0 Å². The first-order chi connectivity index (χ1) is 8.53. The van der Waals surface area contributed by atoms with Gasteiger partial charge >= 0.3 is 0 Å². The van der Waals surface area contributed by atoms with Gasteiger partial charge in [-0.05, 0) is 48.9 Å². The molecular weight excluding hydrogens is 246 g/mol. The van der Waals surface area contributed by atoms with Gasteiger partial charge in [-0.25, -0.2) is 8.42 Å². The summed E-state index contributed by atoms with van der Waals surface area (Å²) in [6.07, 6.45) is 4.88. The Labute approximate surface area is 109 Å². The summed E-state index contributed by atoms with van der Waals surface area (Å²) in [4.78, 5) is 0.440. The highest BCUT2D eigenvalue weighted by molar-refractivity contribution is 7.91. The van der Waals surface area contributed by atoms with Gasteiger partial charge in [-0.3, -0.25) is 0 Å². The minimum Gasteiger partial charge on any atom is -0.327 e. The molecule has 0 bridgehead atoms. The first kappa shape index (κ1) is 13.6. The van der Waals surface area contributed by atoms with Crippen molar-refractivity contribution >= 4 is 9.84 Å². The zero-order valence-electron chi connectivity index (χ0n) is 10.9. The highest BCUT2D eigenvalue weighted by atomic mass is 32.2. The predicted molar refractivity (Wildman–Crippen MR) is 73.4 cm³/mol. The third-order valence-electron chi connectivity index (χ3n) is 3.52. The van der Waals surface area contributed by atoms with Gasteiger partial charge in [0.2, 0.25) is 0 Å². The van der Waals surface area contributed by atoms with E-state index in [4.69, 9.17) is 5.73 Å². The van der Waals surface area contributed by atoms with Crippen LogP contribution >= 0.6 is 0 Å². The summed E-state index contributed by atoms with van der Waals surface area (Å²) in [6.45, 7) is 2.02. The van der Waals surface area contributed by atoms with Gasteiger partial charge < -0.3 is 5.73 Å². The highest BCUT2D eigenvalue weighted by Crippen LogP contribution is 2.25. The summed E-state index contributed by atoms with van der Waals surface area (Å²) >= 11 is 0. The summed E-state index contributed by atoms with van der Waals surface area (Å²) in [5.41, 5.74) is 8.33. The van der Waals surface area contributed by atoms with E-state index in [-0.39, 0.29) is 11.8 Å². The number of benzene rings is 1. The van der Waals surface area contributed by atoms with E-state index < -0.39 is 9.84 Å². The van der Waals surface area contributed by atoms with Crippen LogP contribution in [0.2, 0.25) is 0 Å². The molecule has 1 atom stereocenters. The Bertz CT molecular complexity index is 523. The lowest BCUT2D eigenvalue weighted by atomic mass is 10.1. The van der Waals surface area contributed by atoms with Crippen LogP contribution in [0.1, 0.15) is 37.3 Å². The molecule has 100 valence electrons. The number of hydrogen-bond donors (Lipinski definition) is 1. The molecule has 0 aliphatic heterocycles. The number of aryl methyl sites for hydroxylation is 2. The average Bonchev–Trinajstić information content (AvgIpc) is 2.75. The van der Waals surface area contributed by atoms with Gasteiger partial charge in [0.05, 0.1) is 10.6 Å². The van der Waals surface area contributed by atoms with Crippen LogP contribution in [-0.2, 0) is 22.7 Å². The van der Waals surface area contributed by atoms with Crippen LogP contribution in [0.15, 0.2) is 23.1 Å². The van der Waals surface area contributed by atoms with Crippen molar-refractivity contribution in [3.05, 3.63) is 29.3 Å². The molecule has 3 nitrogen and oxygen atoms in total. The van der Waals surface area contributed by atoms with E-state index >= 15 is 0 Å². The van der Waals surface area contributed by atoms with Crippen molar-refractivity contribution in [2.24, 2.45) is 5.73 Å². The van der Waals surface area contributed by atoms with E-state index in [1.807, 2.05) is 19.1 Å². The van der Waals surface area contributed by atoms with E-state index in [9.17, 15) is 8.42 Å². The summed E-state index contributed by atoms with van der Waals surface area (Å²) in [5.74, 6) is 0.0552. The van der Waals surface area contributed by atoms with Crippen molar-refractivity contribution < 1.29 is 8.42 Å². The molecule has 1 aromatic carbocycles. The van der Waals surface area contributed by atoms with Crippen molar-refractivity contribution in [3.8, 4) is 0 Å². The average molecular weight is 267 g/mol. The van der Waals surface area contributed by atoms with Crippen LogP contribution in [0.3, 0.4) is 0 Å². The van der Waals surface area contributed by atoms with Crippen molar-refractivity contribution in [2.45, 2.75) is 50.0 Å². The zero-order chi connectivity index (χ0) is 13.2. The number of nitrogens with two attached hydrogens (primary N) is 1. The largest absolute Gasteiger partial charge is 0.327 e. The molecule has 0 saturated carbocycles. The van der Waals surface area contributed by atoms with Crippen molar-refractivity contribution in [1.29, 1.82) is 0 Å². The Morgan fingerprint density at radius 3 is 2.72 bits per heavy atom. The number of sulfone groups is 1. The predicted octanol–water partition coefficient (Wildman–Crippen LogP) is 2.08. The maximum atomic E-state index is 12.2. The molecule has 0 fully saturated rings. The standard InChI is InChI=1S/C14H21NO2S/c1-2-4-13(15)10-18(16,17)14-8-7-11-5-3-6-12(11)9-14/h7-9,13H,2-6,10,15H2,1H3. The minimum atomic E-state index is -3.23. The van der Waals surface area contributed by atoms with Gasteiger partial charge in [0, 0.05) is 6.04 Å². The second-order valence-corrected chi connectivity index (χ2v) is 7.15. The molecule has 0 spiro atoms. The van der Waals surface area contributed by atoms with Crippen LogP contribution in [0.5, 0.6) is 0 Å². The molecule has 0 saturated heterocycles. The molecule has 2 N–H and O–H groups in total. The molecule has 1 aliphatic carbocycles. The lowest BCUT2D eigenvalue weighted by Gasteiger charge is -2.12. The highest BCUT2D eigenvalue weighted by Gasteiger charge is 2.20. The molecule has 1 unspecified atom stereocenters. The molecular formula is C14H21NO2S. The van der Waals surface area contributed by atoms with Crippen LogP contribution in [-0.4, -0.2) is 20.2 Å². The molecule has 0 radical (unpaired) electrons. The van der Waals surface area contributed by atoms with Crippen LogP contribution < -0.4 is 5.73 Å². The molecule has 1 aliphatic rings. The van der Waals surface area contributed by atoms with E-state index in [1.54, 1.807) is 6.07 Å². The fourth-order valence-electron chi connectivity index (χ4n) is 2.57. The van der Waals surface area contributed by atoms with E-state index in [2.05, 4.69) is 0 Å². The van der Waals surface area contributed by atoms with Gasteiger partial charge in [-0.15, -0.1) is 0 Å². The summed E-state index contributed by atoms with van der Waals surface area (Å²) in [6, 6.07) is 5.28. The second kappa shape index (κ2) is 5.41. The molecule has 4 heteroatoms. The second-order valence-electron chi connectivity index (χ2n) is 5.11. The SMILES string of the molecule is CCCC(N)CS(=O)(=O)c1ccc2c(c1)CCC2. The first-order valence-electron chi connectivity index (χ1n) is 6.63. The fraction of sp³-hybridized carbons (Fsp3) is 0.571. The van der Waals surface area contributed by atoms with Gasteiger partial charge in [-0.1, -0.05) is 19.4 Å². The maximum absolute atomic E-state index is 12.2. The lowest BCUT2D eigenvalue weighted by Crippen LogP contribution is -2.29. The van der Waals surface area contributed by atoms with E-state index in [0.717, 1.165) is 32.1 Å². The fourth-order valence-corrected chi connectivity index (χ4v) is 4.09. The summed E-state index contributed by atoms with van der Waals surface area (Å²) in [7, 11) is -3.23. The van der Waals surface area contributed by atoms with Gasteiger partial charge in [0.1, 0.15) is 0 Å². The molecule has 1 aromatic rings. The molecule has 2 rings (SSSR count). The summed E-state index contributed by atoms with van der Waals surface area (Å²) < 4.78 is 24.5. The van der Waals surface area contributed by atoms with Crippen molar-refractivity contribution in [2.75, 3.05) is 5.75 Å². The Hall–Kier alpha value is -0.870. The number of hydrogen-bond acceptors (Lipinski definition) is 3. The Morgan fingerprint density at radius 1 is 1.28 bits per heavy atom. The molecule has 0 aromatic heterocycles. The monoisotopic (exact) mass is 267 g/mol. The normalized spacial score (nSPS) is 16.6.